The normalized spacial score (nSPS) is 23.1. The zero-order chi connectivity index (χ0) is 28.8. The monoisotopic (exact) mass is 552 g/mol. The van der Waals surface area contributed by atoms with Crippen molar-refractivity contribution >= 4 is 16.9 Å². The molecule has 5 rings (SSSR count). The molecule has 40 heavy (non-hydrogen) atoms. The van der Waals surface area contributed by atoms with Gasteiger partial charge in [0.05, 0.1) is 6.17 Å². The molecule has 6 N–H and O–H groups in total. The number of nitrogens with two attached hydrogens (primary N) is 2. The summed E-state index contributed by atoms with van der Waals surface area (Å²) in [5, 5.41) is 20.4. The molecule has 2 aliphatic heterocycles. The zero-order valence-electron chi connectivity index (χ0n) is 22.9. The minimum Gasteiger partial charge on any atom is -0.507 e. The van der Waals surface area contributed by atoms with Gasteiger partial charge in [-0.3, -0.25) is 4.79 Å². The Labute approximate surface area is 231 Å². The summed E-state index contributed by atoms with van der Waals surface area (Å²) in [6, 6.07) is 10.4. The van der Waals surface area contributed by atoms with Crippen molar-refractivity contribution < 1.29 is 33.6 Å². The van der Waals surface area contributed by atoms with Gasteiger partial charge in [-0.15, -0.1) is 0 Å². The smallest absolute Gasteiger partial charge is 0.341 e. The number of aliphatic hydroxyl groups is 1. The first-order valence-electron chi connectivity index (χ1n) is 13.5. The number of unbranched alkanes of at least 4 members (excludes halogenated alkanes) is 1. The highest BCUT2D eigenvalue weighted by molar-refractivity contribution is 5.87. The van der Waals surface area contributed by atoms with Crippen LogP contribution in [0.4, 0.5) is 0 Å². The number of carbonyl (C=O) groups is 1. The van der Waals surface area contributed by atoms with Crippen molar-refractivity contribution in [3.8, 4) is 11.5 Å². The van der Waals surface area contributed by atoms with Gasteiger partial charge in [0.25, 0.3) is 0 Å². The zero-order valence-corrected chi connectivity index (χ0v) is 22.9. The average Bonchev–Trinajstić information content (AvgIpc) is 3.57. The molecular formula is C30H36N2O8. The van der Waals surface area contributed by atoms with Gasteiger partial charge < -0.3 is 40.3 Å². The Morgan fingerprint density at radius 2 is 1.98 bits per heavy atom. The topological polar surface area (TPSA) is 171 Å². The predicted molar refractivity (Wildman–Crippen MR) is 147 cm³/mol. The van der Waals surface area contributed by atoms with Crippen LogP contribution in [-0.4, -0.2) is 46.2 Å². The van der Waals surface area contributed by atoms with Crippen LogP contribution in [0.5, 0.6) is 11.5 Å². The number of benzene rings is 2. The molecule has 0 amide bonds. The lowest BCUT2D eigenvalue weighted by atomic mass is 9.89. The molecule has 0 spiro atoms. The van der Waals surface area contributed by atoms with Crippen LogP contribution in [0, 0.1) is 6.92 Å². The van der Waals surface area contributed by atoms with Gasteiger partial charge in [0.2, 0.25) is 0 Å². The lowest BCUT2D eigenvalue weighted by molar-refractivity contribution is -0.168. The van der Waals surface area contributed by atoms with Gasteiger partial charge >= 0.3 is 5.97 Å². The van der Waals surface area contributed by atoms with Crippen LogP contribution >= 0.6 is 0 Å². The molecule has 2 aliphatic rings. The minimum absolute atomic E-state index is 0.00720. The Balaban J connectivity index is 1.39. The summed E-state index contributed by atoms with van der Waals surface area (Å²) in [4.78, 5) is 26.3. The molecule has 10 nitrogen and oxygen atoms in total. The lowest BCUT2D eigenvalue weighted by Gasteiger charge is -2.39. The summed E-state index contributed by atoms with van der Waals surface area (Å²) in [7, 11) is 0. The minimum atomic E-state index is -1.17. The molecule has 0 saturated carbocycles. The van der Waals surface area contributed by atoms with E-state index in [2.05, 4.69) is 0 Å². The van der Waals surface area contributed by atoms with Crippen LogP contribution in [0.2, 0.25) is 0 Å². The highest BCUT2D eigenvalue weighted by Crippen LogP contribution is 2.47. The van der Waals surface area contributed by atoms with Crippen LogP contribution in [0.25, 0.3) is 11.0 Å². The standard InChI is InChI=1S/C30H36N2O8/c1-16-11-20(34)25-22(37-16)15-21-19(26(25)35)14-23(29(2,3)39-21)38-28(36)30(9-4-5-10-33)24(40-30)13-17-7-6-8-18(12-17)27(31)32/h6-8,11-12,15,23-24,27,33,35H,4-5,9-10,13-14,31-32H2,1-3H3. The van der Waals surface area contributed by atoms with E-state index in [1.54, 1.807) is 26.8 Å². The fourth-order valence-electron chi connectivity index (χ4n) is 5.49. The van der Waals surface area contributed by atoms with Crippen molar-refractivity contribution in [1.82, 2.24) is 0 Å². The number of epoxide rings is 1. The number of aliphatic hydroxyl groups excluding tert-OH is 1. The maximum atomic E-state index is 13.7. The van der Waals surface area contributed by atoms with E-state index >= 15 is 0 Å². The maximum absolute atomic E-state index is 13.7. The molecule has 10 heteroatoms. The number of aryl methyl sites for hydroxylation is 1. The van der Waals surface area contributed by atoms with Crippen LogP contribution in [0.15, 0.2) is 45.6 Å². The third-order valence-electron chi connectivity index (χ3n) is 7.84. The third kappa shape index (κ3) is 5.19. The Hall–Kier alpha value is -3.44. The molecule has 3 aromatic rings. The Morgan fingerprint density at radius 1 is 1.20 bits per heavy atom. The number of hydrogen-bond acceptors (Lipinski definition) is 10. The van der Waals surface area contributed by atoms with Gasteiger partial charge in [0, 0.05) is 37.1 Å². The van der Waals surface area contributed by atoms with Crippen molar-refractivity contribution in [3.63, 3.8) is 0 Å². The number of phenolic OH excluding ortho intramolecular Hbond substituents is 1. The largest absolute Gasteiger partial charge is 0.507 e. The van der Waals surface area contributed by atoms with E-state index in [-0.39, 0.29) is 35.2 Å². The number of aromatic hydroxyl groups is 1. The summed E-state index contributed by atoms with van der Waals surface area (Å²) in [5.74, 6) is 0.0192. The first kappa shape index (κ1) is 28.1. The number of rotatable bonds is 9. The van der Waals surface area contributed by atoms with E-state index in [0.717, 1.165) is 11.1 Å². The second kappa shape index (κ2) is 10.5. The number of carbonyl (C=O) groups excluding carboxylic acids is 1. The molecule has 1 saturated heterocycles. The van der Waals surface area contributed by atoms with Crippen LogP contribution < -0.4 is 21.6 Å². The van der Waals surface area contributed by atoms with Gasteiger partial charge in [0.15, 0.2) is 11.0 Å². The summed E-state index contributed by atoms with van der Waals surface area (Å²) < 4.78 is 24.0. The molecule has 0 aliphatic carbocycles. The van der Waals surface area contributed by atoms with Crippen LogP contribution in [0.1, 0.15) is 61.7 Å². The fraction of sp³-hybridized carbons (Fsp3) is 0.467. The highest BCUT2D eigenvalue weighted by atomic mass is 16.7. The molecule has 2 aromatic carbocycles. The Kier molecular flexibility index (Phi) is 7.39. The van der Waals surface area contributed by atoms with Gasteiger partial charge in [-0.25, -0.2) is 4.79 Å². The van der Waals surface area contributed by atoms with E-state index in [1.807, 2.05) is 24.3 Å². The van der Waals surface area contributed by atoms with Crippen molar-refractivity contribution in [3.05, 3.63) is 69.1 Å². The Morgan fingerprint density at radius 3 is 2.70 bits per heavy atom. The molecule has 0 bridgehead atoms. The lowest BCUT2D eigenvalue weighted by Crippen LogP contribution is -2.50. The van der Waals surface area contributed by atoms with Crippen LogP contribution in [0.3, 0.4) is 0 Å². The van der Waals surface area contributed by atoms with Crippen molar-refractivity contribution in [2.45, 2.75) is 82.5 Å². The molecule has 1 aromatic heterocycles. The first-order chi connectivity index (χ1) is 18.9. The number of hydrogen-bond donors (Lipinski definition) is 4. The molecule has 3 heterocycles. The van der Waals surface area contributed by atoms with Crippen molar-refractivity contribution in [2.24, 2.45) is 11.5 Å². The summed E-state index contributed by atoms with van der Waals surface area (Å²) in [6.07, 6.45) is 0.274. The Bertz CT molecular complexity index is 1500. The van der Waals surface area contributed by atoms with E-state index in [9.17, 15) is 19.8 Å². The third-order valence-corrected chi connectivity index (χ3v) is 7.84. The summed E-state index contributed by atoms with van der Waals surface area (Å²) in [5.41, 5.74) is 11.5. The predicted octanol–water partition coefficient (Wildman–Crippen LogP) is 2.89. The molecule has 3 unspecified atom stereocenters. The van der Waals surface area contributed by atoms with E-state index in [4.69, 9.17) is 30.1 Å². The molecular weight excluding hydrogens is 516 g/mol. The second-order valence-corrected chi connectivity index (χ2v) is 11.3. The average molecular weight is 553 g/mol. The van der Waals surface area contributed by atoms with Gasteiger partial charge in [-0.05, 0) is 51.2 Å². The molecule has 0 radical (unpaired) electrons. The van der Waals surface area contributed by atoms with Gasteiger partial charge in [-0.1, -0.05) is 24.3 Å². The van der Waals surface area contributed by atoms with E-state index in [0.29, 0.717) is 42.8 Å². The van der Waals surface area contributed by atoms with E-state index in [1.165, 1.54) is 6.07 Å². The van der Waals surface area contributed by atoms with Gasteiger partial charge in [0.1, 0.15) is 46.0 Å². The molecule has 1 fully saturated rings. The fourth-order valence-corrected chi connectivity index (χ4v) is 5.49. The number of esters is 1. The maximum Gasteiger partial charge on any atom is 0.341 e. The quantitative estimate of drug-likeness (QED) is 0.134. The van der Waals surface area contributed by atoms with Gasteiger partial charge in [-0.2, -0.15) is 0 Å². The first-order valence-corrected chi connectivity index (χ1v) is 13.5. The van der Waals surface area contributed by atoms with Crippen molar-refractivity contribution in [2.75, 3.05) is 6.61 Å². The molecule has 3 atom stereocenters. The van der Waals surface area contributed by atoms with E-state index < -0.39 is 35.5 Å². The van der Waals surface area contributed by atoms with Crippen LogP contribution in [-0.2, 0) is 27.1 Å². The number of ether oxygens (including phenoxy) is 3. The SMILES string of the molecule is Cc1cc(=O)c2c(O)c3c(cc2o1)OC(C)(C)C(OC(=O)C1(CCCCO)OC1Cc1cccc(C(N)N)c1)C3. The second-order valence-electron chi connectivity index (χ2n) is 11.3. The summed E-state index contributed by atoms with van der Waals surface area (Å²) >= 11 is 0. The summed E-state index contributed by atoms with van der Waals surface area (Å²) in [6.45, 7) is 5.26. The number of fused-ring (bicyclic) bond motifs is 2. The highest BCUT2D eigenvalue weighted by Gasteiger charge is 2.63. The van der Waals surface area contributed by atoms with Crippen molar-refractivity contribution in [1.29, 1.82) is 0 Å². The molecule has 214 valence electrons. The number of phenols is 1.